The van der Waals surface area contributed by atoms with Gasteiger partial charge in [0, 0.05) is 0 Å². The van der Waals surface area contributed by atoms with Gasteiger partial charge in [-0.2, -0.15) is 0 Å². The SMILES string of the molecule is C=CC1(C(C)(C)c2ccccc2C)CC1. The van der Waals surface area contributed by atoms with Crippen molar-refractivity contribution in [3.63, 3.8) is 0 Å². The molecule has 0 saturated heterocycles. The normalized spacial score (nSPS) is 18.6. The molecule has 0 atom stereocenters. The van der Waals surface area contributed by atoms with Gasteiger partial charge in [0.15, 0.2) is 0 Å². The summed E-state index contributed by atoms with van der Waals surface area (Å²) < 4.78 is 0. The fourth-order valence-corrected chi connectivity index (χ4v) is 2.76. The second-order valence-electron chi connectivity index (χ2n) is 5.30. The number of aryl methyl sites for hydroxylation is 1. The van der Waals surface area contributed by atoms with E-state index < -0.39 is 0 Å². The maximum absolute atomic E-state index is 4.02. The fraction of sp³-hybridized carbons (Fsp3) is 0.467. The monoisotopic (exact) mass is 200 g/mol. The predicted molar refractivity (Wildman–Crippen MR) is 66.1 cm³/mol. The molecule has 80 valence electrons. The molecule has 0 aromatic heterocycles. The van der Waals surface area contributed by atoms with E-state index in [2.05, 4.69) is 57.7 Å². The van der Waals surface area contributed by atoms with Crippen molar-refractivity contribution in [2.45, 2.75) is 39.0 Å². The highest BCUT2D eigenvalue weighted by Crippen LogP contribution is 2.60. The van der Waals surface area contributed by atoms with E-state index in [1.165, 1.54) is 24.0 Å². The van der Waals surface area contributed by atoms with Crippen molar-refractivity contribution >= 4 is 0 Å². The first-order valence-electron chi connectivity index (χ1n) is 5.73. The average molecular weight is 200 g/mol. The zero-order valence-corrected chi connectivity index (χ0v) is 10.0. The molecular weight excluding hydrogens is 180 g/mol. The van der Waals surface area contributed by atoms with Gasteiger partial charge in [-0.25, -0.2) is 0 Å². The van der Waals surface area contributed by atoms with Crippen LogP contribution >= 0.6 is 0 Å². The molecule has 2 rings (SSSR count). The Hall–Kier alpha value is -1.04. The topological polar surface area (TPSA) is 0 Å². The van der Waals surface area contributed by atoms with E-state index in [-0.39, 0.29) is 5.41 Å². The third-order valence-electron chi connectivity index (χ3n) is 4.24. The first kappa shape index (κ1) is 10.5. The molecule has 0 heteroatoms. The molecule has 15 heavy (non-hydrogen) atoms. The second-order valence-corrected chi connectivity index (χ2v) is 5.30. The summed E-state index contributed by atoms with van der Waals surface area (Å²) >= 11 is 0. The van der Waals surface area contributed by atoms with Crippen LogP contribution in [0.25, 0.3) is 0 Å². The Balaban J connectivity index is 2.46. The van der Waals surface area contributed by atoms with Crippen LogP contribution in [0.5, 0.6) is 0 Å². The molecule has 0 N–H and O–H groups in total. The highest BCUT2D eigenvalue weighted by molar-refractivity contribution is 5.38. The van der Waals surface area contributed by atoms with Crippen molar-refractivity contribution in [1.82, 2.24) is 0 Å². The molecule has 1 saturated carbocycles. The molecule has 0 amide bonds. The highest BCUT2D eigenvalue weighted by Gasteiger charge is 2.52. The van der Waals surface area contributed by atoms with Crippen LogP contribution in [0, 0.1) is 12.3 Å². The lowest BCUT2D eigenvalue weighted by Gasteiger charge is -2.34. The zero-order valence-electron chi connectivity index (χ0n) is 10.0. The lowest BCUT2D eigenvalue weighted by atomic mass is 9.69. The molecule has 0 aliphatic heterocycles. The molecule has 0 unspecified atom stereocenters. The molecule has 0 radical (unpaired) electrons. The van der Waals surface area contributed by atoms with Gasteiger partial charge < -0.3 is 0 Å². The molecule has 1 aromatic rings. The number of benzene rings is 1. The molecule has 1 aromatic carbocycles. The lowest BCUT2D eigenvalue weighted by molar-refractivity contribution is 0.360. The summed E-state index contributed by atoms with van der Waals surface area (Å²) in [4.78, 5) is 0. The summed E-state index contributed by atoms with van der Waals surface area (Å²) in [6, 6.07) is 8.72. The van der Waals surface area contributed by atoms with Crippen LogP contribution in [-0.2, 0) is 5.41 Å². The van der Waals surface area contributed by atoms with Crippen LogP contribution in [0.15, 0.2) is 36.9 Å². The summed E-state index contributed by atoms with van der Waals surface area (Å²) in [5, 5.41) is 0. The summed E-state index contributed by atoms with van der Waals surface area (Å²) in [6.45, 7) is 10.9. The smallest absolute Gasteiger partial charge is 0.00101 e. The number of hydrogen-bond acceptors (Lipinski definition) is 0. The second kappa shape index (κ2) is 3.23. The molecule has 0 spiro atoms. The van der Waals surface area contributed by atoms with Gasteiger partial charge in [-0.1, -0.05) is 44.2 Å². The minimum Gasteiger partial charge on any atom is -0.102 e. The van der Waals surface area contributed by atoms with Gasteiger partial charge in [0.1, 0.15) is 0 Å². The van der Waals surface area contributed by atoms with Crippen LogP contribution in [-0.4, -0.2) is 0 Å². The summed E-state index contributed by atoms with van der Waals surface area (Å²) in [5.41, 5.74) is 3.44. The molecule has 0 nitrogen and oxygen atoms in total. The first-order valence-corrected chi connectivity index (χ1v) is 5.73. The van der Waals surface area contributed by atoms with Crippen LogP contribution in [0.4, 0.5) is 0 Å². The van der Waals surface area contributed by atoms with Crippen LogP contribution in [0.3, 0.4) is 0 Å². The van der Waals surface area contributed by atoms with Gasteiger partial charge in [-0.3, -0.25) is 0 Å². The standard InChI is InChI=1S/C15H20/c1-5-15(10-11-15)14(3,4)13-9-7-6-8-12(13)2/h5-9H,1,10-11H2,2-4H3. The van der Waals surface area contributed by atoms with E-state index in [1.807, 2.05) is 0 Å². The Labute approximate surface area is 93.0 Å². The third kappa shape index (κ3) is 1.43. The minimum atomic E-state index is 0.222. The molecule has 1 aliphatic carbocycles. The van der Waals surface area contributed by atoms with Crippen LogP contribution in [0.1, 0.15) is 37.8 Å². The van der Waals surface area contributed by atoms with Gasteiger partial charge in [0.2, 0.25) is 0 Å². The lowest BCUT2D eigenvalue weighted by Crippen LogP contribution is -2.29. The Morgan fingerprint density at radius 3 is 2.33 bits per heavy atom. The van der Waals surface area contributed by atoms with Crippen LogP contribution < -0.4 is 0 Å². The quantitative estimate of drug-likeness (QED) is 0.640. The molecular formula is C15H20. The fourth-order valence-electron chi connectivity index (χ4n) is 2.76. The molecule has 0 bridgehead atoms. The van der Waals surface area contributed by atoms with Crippen molar-refractivity contribution < 1.29 is 0 Å². The summed E-state index contributed by atoms with van der Waals surface area (Å²) in [7, 11) is 0. The Bertz CT molecular complexity index is 381. The molecule has 0 heterocycles. The van der Waals surface area contributed by atoms with E-state index in [4.69, 9.17) is 0 Å². The van der Waals surface area contributed by atoms with E-state index in [1.54, 1.807) is 0 Å². The molecule has 1 aliphatic rings. The van der Waals surface area contributed by atoms with Gasteiger partial charge in [0.05, 0.1) is 0 Å². The van der Waals surface area contributed by atoms with Crippen molar-refractivity contribution in [2.75, 3.05) is 0 Å². The summed E-state index contributed by atoms with van der Waals surface area (Å²) in [5.74, 6) is 0. The van der Waals surface area contributed by atoms with Crippen molar-refractivity contribution in [2.24, 2.45) is 5.41 Å². The zero-order chi connectivity index (χ0) is 11.1. The predicted octanol–water partition coefficient (Wildman–Crippen LogP) is 4.24. The maximum Gasteiger partial charge on any atom is -0.00101 e. The average Bonchev–Trinajstić information content (AvgIpc) is 2.98. The highest BCUT2D eigenvalue weighted by atomic mass is 14.6. The van der Waals surface area contributed by atoms with Gasteiger partial charge in [-0.05, 0) is 41.7 Å². The third-order valence-corrected chi connectivity index (χ3v) is 4.24. The maximum atomic E-state index is 4.02. The minimum absolute atomic E-state index is 0.222. The van der Waals surface area contributed by atoms with Gasteiger partial charge in [0.25, 0.3) is 0 Å². The largest absolute Gasteiger partial charge is 0.102 e. The first-order chi connectivity index (χ1) is 7.03. The summed E-state index contributed by atoms with van der Waals surface area (Å²) in [6.07, 6.45) is 4.75. The Morgan fingerprint density at radius 2 is 1.87 bits per heavy atom. The van der Waals surface area contributed by atoms with E-state index in [0.717, 1.165) is 0 Å². The number of hydrogen-bond donors (Lipinski definition) is 0. The number of rotatable bonds is 3. The Morgan fingerprint density at radius 1 is 1.27 bits per heavy atom. The van der Waals surface area contributed by atoms with E-state index >= 15 is 0 Å². The van der Waals surface area contributed by atoms with Gasteiger partial charge in [-0.15, -0.1) is 6.58 Å². The number of allylic oxidation sites excluding steroid dienone is 1. The van der Waals surface area contributed by atoms with Crippen molar-refractivity contribution in [3.05, 3.63) is 48.0 Å². The van der Waals surface area contributed by atoms with Crippen molar-refractivity contribution in [3.8, 4) is 0 Å². The molecule has 1 fully saturated rings. The van der Waals surface area contributed by atoms with Crippen LogP contribution in [0.2, 0.25) is 0 Å². The van der Waals surface area contributed by atoms with E-state index in [9.17, 15) is 0 Å². The van der Waals surface area contributed by atoms with Gasteiger partial charge >= 0.3 is 0 Å². The van der Waals surface area contributed by atoms with Crippen molar-refractivity contribution in [1.29, 1.82) is 0 Å². The van der Waals surface area contributed by atoms with E-state index in [0.29, 0.717) is 5.41 Å². The Kier molecular flexibility index (Phi) is 2.26.